The van der Waals surface area contributed by atoms with Crippen molar-refractivity contribution in [3.05, 3.63) is 29.6 Å². The summed E-state index contributed by atoms with van der Waals surface area (Å²) < 4.78 is 41.5. The lowest BCUT2D eigenvalue weighted by Crippen LogP contribution is -2.40. The van der Waals surface area contributed by atoms with Gasteiger partial charge in [-0.25, -0.2) is 22.7 Å². The fraction of sp³-hybridized carbons (Fsp3) is 0.500. The standard InChI is InChI=1S/C16H21FN2O5S/c1-11(15(20)19-8-4-2-3-5-9-19)24-16(21)13-10-12(25(18,22)23)6-7-14(13)17/h6-7,10-11H,2-5,8-9H2,1H3,(H2,18,22,23)/t11-/m0/s1. The van der Waals surface area contributed by atoms with Crippen molar-refractivity contribution in [1.29, 1.82) is 0 Å². The number of benzene rings is 1. The third-order valence-corrected chi connectivity index (χ3v) is 4.95. The van der Waals surface area contributed by atoms with Crippen LogP contribution in [0.1, 0.15) is 43.0 Å². The maximum absolute atomic E-state index is 13.8. The molecule has 0 bridgehead atoms. The van der Waals surface area contributed by atoms with Gasteiger partial charge in [-0.1, -0.05) is 12.8 Å². The molecule has 1 aromatic carbocycles. The molecule has 25 heavy (non-hydrogen) atoms. The van der Waals surface area contributed by atoms with E-state index in [1.54, 1.807) is 4.90 Å². The first-order valence-corrected chi connectivity index (χ1v) is 9.57. The topological polar surface area (TPSA) is 107 Å². The Morgan fingerprint density at radius 3 is 2.36 bits per heavy atom. The molecule has 1 amide bonds. The van der Waals surface area contributed by atoms with Gasteiger partial charge in [0.25, 0.3) is 5.91 Å². The molecule has 1 aliphatic heterocycles. The highest BCUT2D eigenvalue weighted by molar-refractivity contribution is 7.89. The quantitative estimate of drug-likeness (QED) is 0.805. The number of rotatable bonds is 4. The van der Waals surface area contributed by atoms with Crippen molar-refractivity contribution in [2.75, 3.05) is 13.1 Å². The average molecular weight is 372 g/mol. The third kappa shape index (κ3) is 4.99. The van der Waals surface area contributed by atoms with Crippen molar-refractivity contribution < 1.29 is 27.1 Å². The summed E-state index contributed by atoms with van der Waals surface area (Å²) in [4.78, 5) is 25.7. The summed E-state index contributed by atoms with van der Waals surface area (Å²) in [5, 5.41) is 4.97. The van der Waals surface area contributed by atoms with Gasteiger partial charge in [0.1, 0.15) is 5.82 Å². The summed E-state index contributed by atoms with van der Waals surface area (Å²) in [6.07, 6.45) is 2.77. The molecule has 0 spiro atoms. The number of halogens is 1. The van der Waals surface area contributed by atoms with Gasteiger partial charge in [-0.15, -0.1) is 0 Å². The predicted octanol–water partition coefficient (Wildman–Crippen LogP) is 1.42. The molecule has 0 radical (unpaired) electrons. The number of primary sulfonamides is 1. The molecule has 2 rings (SSSR count). The second-order valence-electron chi connectivity index (χ2n) is 5.97. The van der Waals surface area contributed by atoms with E-state index >= 15 is 0 Å². The van der Waals surface area contributed by atoms with E-state index in [1.807, 2.05) is 0 Å². The Bertz CT molecular complexity index is 758. The second kappa shape index (κ2) is 7.92. The molecule has 0 aliphatic carbocycles. The molecule has 0 aromatic heterocycles. The predicted molar refractivity (Wildman–Crippen MR) is 87.7 cm³/mol. The third-order valence-electron chi connectivity index (χ3n) is 4.04. The molecule has 1 aromatic rings. The maximum atomic E-state index is 13.8. The number of sulfonamides is 1. The summed E-state index contributed by atoms with van der Waals surface area (Å²) in [6, 6.07) is 2.57. The number of amides is 1. The normalized spacial score (nSPS) is 16.8. The van der Waals surface area contributed by atoms with Crippen LogP contribution in [-0.2, 0) is 19.6 Å². The number of hydrogen-bond donors (Lipinski definition) is 1. The molecule has 138 valence electrons. The maximum Gasteiger partial charge on any atom is 0.341 e. The number of esters is 1. The van der Waals surface area contributed by atoms with Crippen molar-refractivity contribution in [2.24, 2.45) is 5.14 Å². The fourth-order valence-electron chi connectivity index (χ4n) is 2.66. The highest BCUT2D eigenvalue weighted by Gasteiger charge is 2.26. The van der Waals surface area contributed by atoms with Crippen LogP contribution in [0.5, 0.6) is 0 Å². The zero-order chi connectivity index (χ0) is 18.6. The van der Waals surface area contributed by atoms with E-state index in [4.69, 9.17) is 9.88 Å². The first kappa shape index (κ1) is 19.3. The molecular weight excluding hydrogens is 351 g/mol. The lowest BCUT2D eigenvalue weighted by Gasteiger charge is -2.24. The van der Waals surface area contributed by atoms with Crippen molar-refractivity contribution >= 4 is 21.9 Å². The minimum absolute atomic E-state index is 0.349. The highest BCUT2D eigenvalue weighted by atomic mass is 32.2. The Morgan fingerprint density at radius 1 is 1.20 bits per heavy atom. The van der Waals surface area contributed by atoms with Gasteiger partial charge >= 0.3 is 5.97 Å². The zero-order valence-corrected chi connectivity index (χ0v) is 14.7. The van der Waals surface area contributed by atoms with Gasteiger partial charge in [-0.2, -0.15) is 0 Å². The average Bonchev–Trinajstić information content (AvgIpc) is 2.82. The van der Waals surface area contributed by atoms with Gasteiger partial charge in [-0.05, 0) is 38.0 Å². The Kier molecular flexibility index (Phi) is 6.12. The fourth-order valence-corrected chi connectivity index (χ4v) is 3.20. The van der Waals surface area contributed by atoms with E-state index in [-0.39, 0.29) is 5.91 Å². The smallest absolute Gasteiger partial charge is 0.341 e. The number of nitrogens with zero attached hydrogens (tertiary/aromatic N) is 1. The van der Waals surface area contributed by atoms with Crippen LogP contribution in [0.2, 0.25) is 0 Å². The largest absolute Gasteiger partial charge is 0.449 e. The molecule has 2 N–H and O–H groups in total. The summed E-state index contributed by atoms with van der Waals surface area (Å²) in [6.45, 7) is 2.60. The SMILES string of the molecule is C[C@H](OC(=O)c1cc(S(N)(=O)=O)ccc1F)C(=O)N1CCCCCC1. The number of likely N-dealkylation sites (tertiary alicyclic amines) is 1. The number of carbonyl (C=O) groups excluding carboxylic acids is 2. The summed E-state index contributed by atoms with van der Waals surface area (Å²) >= 11 is 0. The molecule has 1 atom stereocenters. The molecule has 0 saturated carbocycles. The van der Waals surface area contributed by atoms with E-state index in [0.717, 1.165) is 43.9 Å². The van der Waals surface area contributed by atoms with Gasteiger partial charge in [0.05, 0.1) is 10.5 Å². The molecule has 1 aliphatic rings. The number of nitrogens with two attached hydrogens (primary N) is 1. The molecule has 1 saturated heterocycles. The molecular formula is C16H21FN2O5S. The van der Waals surface area contributed by atoms with Gasteiger partial charge in [0.2, 0.25) is 10.0 Å². The van der Waals surface area contributed by atoms with E-state index in [9.17, 15) is 22.4 Å². The Morgan fingerprint density at radius 2 is 1.80 bits per heavy atom. The Balaban J connectivity index is 2.11. The van der Waals surface area contributed by atoms with Gasteiger partial charge in [0, 0.05) is 13.1 Å². The van der Waals surface area contributed by atoms with Crippen LogP contribution >= 0.6 is 0 Å². The molecule has 1 fully saturated rings. The Hall–Kier alpha value is -2.00. The van der Waals surface area contributed by atoms with Crippen LogP contribution < -0.4 is 5.14 Å². The van der Waals surface area contributed by atoms with Crippen LogP contribution in [0.3, 0.4) is 0 Å². The lowest BCUT2D eigenvalue weighted by molar-refractivity contribution is -0.139. The molecule has 1 heterocycles. The van der Waals surface area contributed by atoms with Crippen molar-refractivity contribution in [3.63, 3.8) is 0 Å². The van der Waals surface area contributed by atoms with Crippen LogP contribution in [0, 0.1) is 5.82 Å². The lowest BCUT2D eigenvalue weighted by atomic mass is 10.2. The summed E-state index contributed by atoms with van der Waals surface area (Å²) in [5.41, 5.74) is -0.581. The first-order chi connectivity index (χ1) is 11.7. The number of carbonyl (C=O) groups is 2. The zero-order valence-electron chi connectivity index (χ0n) is 13.9. The highest BCUT2D eigenvalue weighted by Crippen LogP contribution is 2.17. The van der Waals surface area contributed by atoms with Crippen LogP contribution in [-0.4, -0.2) is 44.4 Å². The molecule has 9 heteroatoms. The minimum atomic E-state index is -4.09. The second-order valence-corrected chi connectivity index (χ2v) is 7.54. The van der Waals surface area contributed by atoms with Crippen LogP contribution in [0.15, 0.2) is 23.1 Å². The number of hydrogen-bond acceptors (Lipinski definition) is 5. The van der Waals surface area contributed by atoms with Crippen molar-refractivity contribution in [3.8, 4) is 0 Å². The van der Waals surface area contributed by atoms with Crippen LogP contribution in [0.25, 0.3) is 0 Å². The van der Waals surface area contributed by atoms with Gasteiger partial charge in [0.15, 0.2) is 6.10 Å². The summed E-state index contributed by atoms with van der Waals surface area (Å²) in [7, 11) is -4.09. The van der Waals surface area contributed by atoms with Crippen molar-refractivity contribution in [2.45, 2.75) is 43.6 Å². The number of ether oxygens (including phenoxy) is 1. The molecule has 7 nitrogen and oxygen atoms in total. The monoisotopic (exact) mass is 372 g/mol. The van der Waals surface area contributed by atoms with E-state index < -0.39 is 38.4 Å². The summed E-state index contributed by atoms with van der Waals surface area (Å²) in [5.74, 6) is -2.41. The minimum Gasteiger partial charge on any atom is -0.449 e. The van der Waals surface area contributed by atoms with Gasteiger partial charge in [-0.3, -0.25) is 4.79 Å². The first-order valence-electron chi connectivity index (χ1n) is 8.02. The Labute approximate surface area is 146 Å². The van der Waals surface area contributed by atoms with Crippen LogP contribution in [0.4, 0.5) is 4.39 Å². The van der Waals surface area contributed by atoms with Crippen molar-refractivity contribution in [1.82, 2.24) is 4.90 Å². The van der Waals surface area contributed by atoms with Gasteiger partial charge < -0.3 is 9.64 Å². The van der Waals surface area contributed by atoms with E-state index in [1.165, 1.54) is 6.92 Å². The van der Waals surface area contributed by atoms with E-state index in [0.29, 0.717) is 13.1 Å². The van der Waals surface area contributed by atoms with E-state index in [2.05, 4.69) is 0 Å². The molecule has 0 unspecified atom stereocenters.